The Kier molecular flexibility index (Phi) is 8.05. The van der Waals surface area contributed by atoms with Crippen molar-refractivity contribution >= 4 is 12.0 Å². The van der Waals surface area contributed by atoms with E-state index >= 15 is 0 Å². The summed E-state index contributed by atoms with van der Waals surface area (Å²) < 4.78 is 45.6. The maximum Gasteiger partial charge on any atom is 0.410 e. The highest BCUT2D eigenvalue weighted by Crippen LogP contribution is 2.30. The predicted octanol–water partition coefficient (Wildman–Crippen LogP) is 4.11. The zero-order chi connectivity index (χ0) is 27.3. The minimum atomic E-state index is -4.58. The molecule has 4 rings (SSSR count). The average molecular weight is 530 g/mol. The number of nitrogens with zero attached hydrogens (tertiary/aromatic N) is 4. The molecule has 8 nitrogen and oxygen atoms in total. The highest BCUT2D eigenvalue weighted by molar-refractivity contribution is 5.86. The van der Waals surface area contributed by atoms with E-state index in [-0.39, 0.29) is 19.7 Å². The minimum Gasteiger partial charge on any atom is -0.445 e. The number of benzene rings is 2. The number of hydrogen-bond acceptors (Lipinski definition) is 5. The van der Waals surface area contributed by atoms with Crippen LogP contribution in [0.5, 0.6) is 0 Å². The molecule has 0 radical (unpaired) electrons. The van der Waals surface area contributed by atoms with Crippen LogP contribution in [0.3, 0.4) is 0 Å². The van der Waals surface area contributed by atoms with Crippen LogP contribution in [0, 0.1) is 0 Å². The molecule has 0 aliphatic carbocycles. The Morgan fingerprint density at radius 3 is 2.32 bits per heavy atom. The summed E-state index contributed by atoms with van der Waals surface area (Å²) in [4.78, 5) is 29.0. The number of amides is 2. The van der Waals surface area contributed by atoms with Crippen LogP contribution in [0.25, 0.3) is 5.69 Å². The summed E-state index contributed by atoms with van der Waals surface area (Å²) in [6.45, 7) is 2.83. The monoisotopic (exact) mass is 529 g/mol. The Labute approximate surface area is 219 Å². The predicted molar refractivity (Wildman–Crippen MR) is 134 cm³/mol. The first-order chi connectivity index (χ1) is 18.0. The number of halogens is 3. The molecule has 1 aliphatic heterocycles. The summed E-state index contributed by atoms with van der Waals surface area (Å²) in [6, 6.07) is 19.3. The van der Waals surface area contributed by atoms with Crippen LogP contribution in [-0.2, 0) is 21.7 Å². The molecular weight excluding hydrogens is 499 g/mol. The Balaban J connectivity index is 1.51. The lowest BCUT2D eigenvalue weighted by molar-refractivity contribution is -0.143. The molecule has 2 heterocycles. The lowest BCUT2D eigenvalue weighted by atomic mass is 9.95. The van der Waals surface area contributed by atoms with Crippen molar-refractivity contribution in [3.63, 3.8) is 0 Å². The van der Waals surface area contributed by atoms with Gasteiger partial charge in [-0.05, 0) is 37.6 Å². The standard InChI is InChI=1S/C27H30F3N5O3/c1-26(2,23-13-14-35(32-23)21-11-7-4-8-12-21)33-15-16-34(22(17-33)24(36)31-19-27(28,29)30)25(37)38-18-20-9-5-3-6-10-20/h3-14,22H,15-19H2,1-2H3,(H,31,36). The first-order valence-corrected chi connectivity index (χ1v) is 12.2. The fourth-order valence-corrected chi connectivity index (χ4v) is 4.38. The van der Waals surface area contributed by atoms with Crippen molar-refractivity contribution in [3.05, 3.63) is 84.2 Å². The van der Waals surface area contributed by atoms with Crippen molar-refractivity contribution < 1.29 is 27.5 Å². The number of carbonyl (C=O) groups excluding carboxylic acids is 2. The van der Waals surface area contributed by atoms with Gasteiger partial charge in [0, 0.05) is 25.8 Å². The number of carbonyl (C=O) groups is 2. The van der Waals surface area contributed by atoms with Gasteiger partial charge >= 0.3 is 12.3 Å². The zero-order valence-electron chi connectivity index (χ0n) is 21.2. The van der Waals surface area contributed by atoms with Crippen LogP contribution >= 0.6 is 0 Å². The third-order valence-corrected chi connectivity index (χ3v) is 6.61. The molecule has 1 aliphatic rings. The molecule has 1 saturated heterocycles. The van der Waals surface area contributed by atoms with Gasteiger partial charge in [-0.3, -0.25) is 14.6 Å². The summed E-state index contributed by atoms with van der Waals surface area (Å²) in [6.07, 6.45) is -3.50. The van der Waals surface area contributed by atoms with Gasteiger partial charge in [0.25, 0.3) is 0 Å². The van der Waals surface area contributed by atoms with Gasteiger partial charge in [0.2, 0.25) is 5.91 Å². The normalized spacial score (nSPS) is 16.8. The molecule has 3 aromatic rings. The van der Waals surface area contributed by atoms with Crippen molar-refractivity contribution in [2.75, 3.05) is 26.2 Å². The van der Waals surface area contributed by atoms with Gasteiger partial charge in [-0.25, -0.2) is 9.48 Å². The summed E-state index contributed by atoms with van der Waals surface area (Å²) in [7, 11) is 0. The first kappa shape index (κ1) is 27.2. The maximum atomic E-state index is 12.9. The van der Waals surface area contributed by atoms with E-state index in [2.05, 4.69) is 0 Å². The number of para-hydroxylation sites is 1. The summed E-state index contributed by atoms with van der Waals surface area (Å²) in [5, 5.41) is 6.63. The van der Waals surface area contributed by atoms with Gasteiger partial charge in [0.15, 0.2) is 0 Å². The molecule has 0 bridgehead atoms. The van der Waals surface area contributed by atoms with E-state index in [1.165, 1.54) is 4.90 Å². The fraction of sp³-hybridized carbons (Fsp3) is 0.370. The number of aromatic nitrogens is 2. The highest BCUT2D eigenvalue weighted by atomic mass is 19.4. The Hall–Kier alpha value is -3.86. The van der Waals surface area contributed by atoms with E-state index in [1.807, 2.05) is 72.7 Å². The Bertz CT molecular complexity index is 1230. The molecule has 1 atom stereocenters. The second kappa shape index (κ2) is 11.3. The minimum absolute atomic E-state index is 0.00925. The van der Waals surface area contributed by atoms with E-state index in [9.17, 15) is 22.8 Å². The molecule has 1 N–H and O–H groups in total. The Morgan fingerprint density at radius 2 is 1.66 bits per heavy atom. The van der Waals surface area contributed by atoms with Crippen molar-refractivity contribution in [1.82, 2.24) is 24.9 Å². The lowest BCUT2D eigenvalue weighted by Gasteiger charge is -2.46. The molecule has 2 aromatic carbocycles. The van der Waals surface area contributed by atoms with Crippen LogP contribution in [0.4, 0.5) is 18.0 Å². The number of rotatable bonds is 7. The van der Waals surface area contributed by atoms with Crippen molar-refractivity contribution in [2.24, 2.45) is 0 Å². The topological polar surface area (TPSA) is 79.7 Å². The molecule has 2 amide bonds. The molecule has 0 spiro atoms. The summed E-state index contributed by atoms with van der Waals surface area (Å²) >= 11 is 0. The van der Waals surface area contributed by atoms with Gasteiger partial charge in [-0.1, -0.05) is 48.5 Å². The van der Waals surface area contributed by atoms with E-state index in [0.717, 1.165) is 16.9 Å². The molecule has 38 heavy (non-hydrogen) atoms. The lowest BCUT2D eigenvalue weighted by Crippen LogP contribution is -2.64. The smallest absolute Gasteiger partial charge is 0.410 e. The van der Waals surface area contributed by atoms with Crippen molar-refractivity contribution in [2.45, 2.75) is 38.2 Å². The maximum absolute atomic E-state index is 12.9. The van der Waals surface area contributed by atoms with Crippen LogP contribution < -0.4 is 5.32 Å². The molecule has 1 unspecified atom stereocenters. The quantitative estimate of drug-likeness (QED) is 0.499. The van der Waals surface area contributed by atoms with Gasteiger partial charge < -0.3 is 10.1 Å². The Morgan fingerprint density at radius 1 is 1.00 bits per heavy atom. The summed E-state index contributed by atoms with van der Waals surface area (Å²) in [5.74, 6) is -0.894. The second-order valence-electron chi connectivity index (χ2n) is 9.57. The van der Waals surface area contributed by atoms with E-state index in [1.54, 1.807) is 28.9 Å². The molecule has 1 fully saturated rings. The number of alkyl halides is 3. The van der Waals surface area contributed by atoms with Gasteiger partial charge in [-0.15, -0.1) is 0 Å². The van der Waals surface area contributed by atoms with Crippen LogP contribution in [0.15, 0.2) is 72.9 Å². The van der Waals surface area contributed by atoms with E-state index < -0.39 is 36.3 Å². The number of nitrogens with one attached hydrogen (secondary N) is 1. The van der Waals surface area contributed by atoms with Gasteiger partial charge in [0.1, 0.15) is 19.2 Å². The third kappa shape index (κ3) is 6.52. The third-order valence-electron chi connectivity index (χ3n) is 6.61. The number of hydrogen-bond donors (Lipinski definition) is 1. The van der Waals surface area contributed by atoms with Crippen LogP contribution in [0.2, 0.25) is 0 Å². The van der Waals surface area contributed by atoms with Gasteiger partial charge in [-0.2, -0.15) is 18.3 Å². The molecule has 11 heteroatoms. The molecule has 1 aromatic heterocycles. The SMILES string of the molecule is CC(C)(c1ccn(-c2ccccc2)n1)N1CCN(C(=O)OCc2ccccc2)C(C(=O)NCC(F)(F)F)C1. The number of ether oxygens (including phenoxy) is 1. The molecular formula is C27H30F3N5O3. The van der Waals surface area contributed by atoms with Gasteiger partial charge in [0.05, 0.1) is 16.9 Å². The largest absolute Gasteiger partial charge is 0.445 e. The average Bonchev–Trinajstić information content (AvgIpc) is 3.42. The van der Waals surface area contributed by atoms with E-state index in [4.69, 9.17) is 9.84 Å². The molecule has 0 saturated carbocycles. The second-order valence-corrected chi connectivity index (χ2v) is 9.57. The van der Waals surface area contributed by atoms with Crippen LogP contribution in [0.1, 0.15) is 25.1 Å². The first-order valence-electron chi connectivity index (χ1n) is 12.2. The van der Waals surface area contributed by atoms with Crippen molar-refractivity contribution in [3.8, 4) is 5.69 Å². The fourth-order valence-electron chi connectivity index (χ4n) is 4.38. The summed E-state index contributed by atoms with van der Waals surface area (Å²) in [5.41, 5.74) is 1.68. The zero-order valence-corrected chi connectivity index (χ0v) is 21.2. The molecule has 202 valence electrons. The van der Waals surface area contributed by atoms with Crippen LogP contribution in [-0.4, -0.2) is 70.0 Å². The van der Waals surface area contributed by atoms with E-state index in [0.29, 0.717) is 6.54 Å². The van der Waals surface area contributed by atoms with Crippen molar-refractivity contribution in [1.29, 1.82) is 0 Å². The number of piperazine rings is 1. The highest BCUT2D eigenvalue weighted by Gasteiger charge is 2.43.